The molecule has 28 heavy (non-hydrogen) atoms. The fourth-order valence-electron chi connectivity index (χ4n) is 3.98. The van der Waals surface area contributed by atoms with Gasteiger partial charge in [0.2, 0.25) is 0 Å². The van der Waals surface area contributed by atoms with Gasteiger partial charge in [-0.05, 0) is 18.1 Å². The zero-order valence-electron chi connectivity index (χ0n) is 15.8. The molecule has 3 aromatic rings. The Morgan fingerprint density at radius 2 is 1.96 bits per heavy atom. The van der Waals surface area contributed by atoms with Crippen molar-refractivity contribution in [1.82, 2.24) is 9.61 Å². The van der Waals surface area contributed by atoms with Crippen molar-refractivity contribution >= 4 is 17.1 Å². The highest BCUT2D eigenvalue weighted by atomic mass is 16.3. The number of aliphatic hydroxyl groups excluding tert-OH is 2. The maximum Gasteiger partial charge on any atom is 0.252 e. The van der Waals surface area contributed by atoms with E-state index in [9.17, 15) is 15.0 Å². The largest absolute Gasteiger partial charge is 0.390 e. The number of hydrogen-bond acceptors (Lipinski definition) is 5. The highest BCUT2D eigenvalue weighted by Gasteiger charge is 2.48. The minimum atomic E-state index is -0.855. The van der Waals surface area contributed by atoms with Crippen molar-refractivity contribution in [3.8, 4) is 11.1 Å². The minimum absolute atomic E-state index is 0.239. The van der Waals surface area contributed by atoms with Crippen molar-refractivity contribution in [1.29, 1.82) is 0 Å². The Morgan fingerprint density at radius 3 is 2.57 bits per heavy atom. The third kappa shape index (κ3) is 2.93. The van der Waals surface area contributed by atoms with E-state index in [0.29, 0.717) is 17.6 Å². The summed E-state index contributed by atoms with van der Waals surface area (Å²) >= 11 is 0. The molecular formula is C21H24N4O3. The summed E-state index contributed by atoms with van der Waals surface area (Å²) in [5.41, 5.74) is 8.55. The number of benzene rings is 1. The van der Waals surface area contributed by atoms with Crippen molar-refractivity contribution in [2.45, 2.75) is 38.5 Å². The molecule has 146 valence electrons. The molecule has 1 aromatic carbocycles. The summed E-state index contributed by atoms with van der Waals surface area (Å²) < 4.78 is 1.70. The number of amides is 1. The molecule has 4 rings (SSSR count). The molecule has 7 heteroatoms. The van der Waals surface area contributed by atoms with Gasteiger partial charge in [-0.2, -0.15) is 5.10 Å². The molecule has 1 saturated carbocycles. The van der Waals surface area contributed by atoms with E-state index in [4.69, 9.17) is 5.73 Å². The van der Waals surface area contributed by atoms with Gasteiger partial charge in [0.25, 0.3) is 5.91 Å². The van der Waals surface area contributed by atoms with E-state index in [1.165, 1.54) is 6.20 Å². The highest BCUT2D eigenvalue weighted by molar-refractivity contribution is 6.02. The first-order valence-electron chi connectivity index (χ1n) is 9.28. The second kappa shape index (κ2) is 6.61. The first-order valence-corrected chi connectivity index (χ1v) is 9.28. The molecule has 1 fully saturated rings. The van der Waals surface area contributed by atoms with Crippen LogP contribution in [0.3, 0.4) is 0 Å². The molecule has 3 atom stereocenters. The fraction of sp³-hybridized carbons (Fsp3) is 0.333. The standard InChI is InChI=1S/C21H24N4O3/c1-21(2)17(9-16(26)19(21)27)24-18-14(20(22)28)10-23-25-11-13(8-15(18)25)12-6-4-3-5-7-12/h3-8,10-11,16-17,19,24,26-27H,9H2,1-2H3,(H2,22,28)/t16-,17-,19-/m1/s1. The normalized spacial score (nSPS) is 23.8. The number of anilines is 1. The molecule has 2 heterocycles. The van der Waals surface area contributed by atoms with E-state index in [1.807, 2.05) is 56.4 Å². The molecular weight excluding hydrogens is 356 g/mol. The molecule has 1 amide bonds. The second-order valence-electron chi connectivity index (χ2n) is 7.99. The first kappa shape index (κ1) is 18.5. The summed E-state index contributed by atoms with van der Waals surface area (Å²) in [6, 6.07) is 11.6. The van der Waals surface area contributed by atoms with E-state index in [-0.39, 0.29) is 11.6 Å². The van der Waals surface area contributed by atoms with Crippen LogP contribution in [0.25, 0.3) is 16.6 Å². The van der Waals surface area contributed by atoms with Gasteiger partial charge in [-0.3, -0.25) is 4.79 Å². The number of fused-ring (bicyclic) bond motifs is 1. The van der Waals surface area contributed by atoms with Crippen molar-refractivity contribution < 1.29 is 15.0 Å². The van der Waals surface area contributed by atoms with Gasteiger partial charge in [-0.25, -0.2) is 4.52 Å². The molecule has 0 unspecified atom stereocenters. The molecule has 0 radical (unpaired) electrons. The van der Waals surface area contributed by atoms with E-state index in [0.717, 1.165) is 11.1 Å². The van der Waals surface area contributed by atoms with E-state index >= 15 is 0 Å². The van der Waals surface area contributed by atoms with Crippen molar-refractivity contribution in [2.75, 3.05) is 5.32 Å². The minimum Gasteiger partial charge on any atom is -0.390 e. The molecule has 0 aliphatic heterocycles. The molecule has 5 N–H and O–H groups in total. The maximum absolute atomic E-state index is 12.0. The van der Waals surface area contributed by atoms with Crippen LogP contribution in [0.1, 0.15) is 30.6 Å². The summed E-state index contributed by atoms with van der Waals surface area (Å²) in [4.78, 5) is 12.0. The number of hydrogen-bond donors (Lipinski definition) is 4. The Morgan fingerprint density at radius 1 is 1.25 bits per heavy atom. The van der Waals surface area contributed by atoms with Gasteiger partial charge in [0, 0.05) is 23.2 Å². The molecule has 0 bridgehead atoms. The predicted octanol–water partition coefficient (Wildman–Crippen LogP) is 2.03. The summed E-state index contributed by atoms with van der Waals surface area (Å²) in [7, 11) is 0. The van der Waals surface area contributed by atoms with Crippen LogP contribution in [0.15, 0.2) is 48.8 Å². The van der Waals surface area contributed by atoms with Crippen LogP contribution in [0.4, 0.5) is 5.69 Å². The van der Waals surface area contributed by atoms with Crippen molar-refractivity contribution in [2.24, 2.45) is 11.1 Å². The Hall–Kier alpha value is -2.90. The predicted molar refractivity (Wildman–Crippen MR) is 107 cm³/mol. The second-order valence-corrected chi connectivity index (χ2v) is 7.99. The van der Waals surface area contributed by atoms with Gasteiger partial charge in [-0.1, -0.05) is 44.2 Å². The van der Waals surface area contributed by atoms with Crippen LogP contribution in [0.5, 0.6) is 0 Å². The summed E-state index contributed by atoms with van der Waals surface area (Å²) in [5, 5.41) is 28.1. The van der Waals surface area contributed by atoms with E-state index in [2.05, 4.69) is 10.4 Å². The Bertz CT molecular complexity index is 1030. The SMILES string of the molecule is CC1(C)[C@H](O)[C@H](O)C[C@H]1Nc1c(C(N)=O)cnn2cc(-c3ccccc3)cc12. The third-order valence-corrected chi connectivity index (χ3v) is 5.83. The summed E-state index contributed by atoms with van der Waals surface area (Å²) in [6.45, 7) is 3.78. The van der Waals surface area contributed by atoms with Gasteiger partial charge in [0.05, 0.1) is 35.2 Å². The van der Waals surface area contributed by atoms with E-state index in [1.54, 1.807) is 4.52 Å². The number of carbonyl (C=O) groups excluding carboxylic acids is 1. The molecule has 1 aliphatic rings. The average Bonchev–Trinajstić information content (AvgIpc) is 3.18. The van der Waals surface area contributed by atoms with Crippen LogP contribution < -0.4 is 11.1 Å². The number of nitrogens with two attached hydrogens (primary N) is 1. The lowest BCUT2D eigenvalue weighted by Crippen LogP contribution is -2.39. The lowest BCUT2D eigenvalue weighted by Gasteiger charge is -2.31. The first-order chi connectivity index (χ1) is 13.3. The number of rotatable bonds is 4. The molecule has 0 spiro atoms. The zero-order valence-corrected chi connectivity index (χ0v) is 15.8. The lowest BCUT2D eigenvalue weighted by molar-refractivity contribution is -0.00805. The summed E-state index contributed by atoms with van der Waals surface area (Å²) in [6.07, 6.45) is 2.03. The molecule has 0 saturated heterocycles. The summed E-state index contributed by atoms with van der Waals surface area (Å²) in [5.74, 6) is -0.586. The fourth-order valence-corrected chi connectivity index (χ4v) is 3.98. The molecule has 2 aromatic heterocycles. The van der Waals surface area contributed by atoms with Gasteiger partial charge >= 0.3 is 0 Å². The number of nitrogens with zero attached hydrogens (tertiary/aromatic N) is 2. The highest BCUT2D eigenvalue weighted by Crippen LogP contribution is 2.41. The third-order valence-electron chi connectivity index (χ3n) is 5.83. The molecule has 1 aliphatic carbocycles. The topological polar surface area (TPSA) is 113 Å². The number of aliphatic hydroxyl groups is 2. The zero-order chi connectivity index (χ0) is 20.1. The van der Waals surface area contributed by atoms with Crippen LogP contribution in [0, 0.1) is 5.41 Å². The molecule has 7 nitrogen and oxygen atoms in total. The van der Waals surface area contributed by atoms with Crippen LogP contribution in [-0.4, -0.2) is 44.0 Å². The van der Waals surface area contributed by atoms with Crippen LogP contribution in [-0.2, 0) is 0 Å². The number of primary amides is 1. The van der Waals surface area contributed by atoms with Crippen LogP contribution in [0.2, 0.25) is 0 Å². The lowest BCUT2D eigenvalue weighted by atomic mass is 9.85. The monoisotopic (exact) mass is 380 g/mol. The van der Waals surface area contributed by atoms with Gasteiger partial charge < -0.3 is 21.3 Å². The number of carbonyl (C=O) groups is 1. The van der Waals surface area contributed by atoms with Gasteiger partial charge in [0.15, 0.2) is 0 Å². The van der Waals surface area contributed by atoms with Gasteiger partial charge in [0.1, 0.15) is 0 Å². The Balaban J connectivity index is 1.82. The van der Waals surface area contributed by atoms with Crippen molar-refractivity contribution in [3.63, 3.8) is 0 Å². The van der Waals surface area contributed by atoms with Gasteiger partial charge in [-0.15, -0.1) is 0 Å². The number of nitrogens with one attached hydrogen (secondary N) is 1. The average molecular weight is 380 g/mol. The van der Waals surface area contributed by atoms with Crippen LogP contribution >= 0.6 is 0 Å². The van der Waals surface area contributed by atoms with E-state index < -0.39 is 23.5 Å². The van der Waals surface area contributed by atoms with Crippen molar-refractivity contribution in [3.05, 3.63) is 54.4 Å². The quantitative estimate of drug-likeness (QED) is 0.553. The Kier molecular flexibility index (Phi) is 4.36. The Labute approximate surface area is 162 Å². The number of aromatic nitrogens is 2. The smallest absolute Gasteiger partial charge is 0.252 e. The maximum atomic E-state index is 12.0.